The molecule has 104 valence electrons. The Bertz CT molecular complexity index is 453. The molecule has 1 fully saturated rings. The summed E-state index contributed by atoms with van der Waals surface area (Å²) in [6, 6.07) is 7.62. The molecule has 0 unspecified atom stereocenters. The van der Waals surface area contributed by atoms with Crippen LogP contribution in [0.3, 0.4) is 0 Å². The Morgan fingerprint density at radius 2 is 2.05 bits per heavy atom. The van der Waals surface area contributed by atoms with Gasteiger partial charge in [0, 0.05) is 24.2 Å². The van der Waals surface area contributed by atoms with Crippen LogP contribution in [0, 0.1) is 5.41 Å². The molecule has 0 aromatic heterocycles. The maximum Gasteiger partial charge on any atom is 0.232 e. The molecule has 1 aliphatic rings. The molecule has 1 aromatic carbocycles. The first-order valence-electron chi connectivity index (χ1n) is 6.70. The van der Waals surface area contributed by atoms with Crippen molar-refractivity contribution >= 4 is 11.6 Å². The smallest absolute Gasteiger partial charge is 0.232 e. The van der Waals surface area contributed by atoms with Crippen LogP contribution in [-0.2, 0) is 4.79 Å². The van der Waals surface area contributed by atoms with Gasteiger partial charge < -0.3 is 15.0 Å². The van der Waals surface area contributed by atoms with E-state index in [-0.39, 0.29) is 11.3 Å². The third-order valence-electron chi connectivity index (χ3n) is 3.97. The van der Waals surface area contributed by atoms with E-state index in [1.165, 1.54) is 0 Å². The van der Waals surface area contributed by atoms with Crippen molar-refractivity contribution in [3.8, 4) is 5.75 Å². The number of carbonyl (C=O) groups excluding carboxylic acids is 1. The Morgan fingerprint density at radius 1 is 1.37 bits per heavy atom. The average Bonchev–Trinajstić information content (AvgIpc) is 2.46. The molecule has 0 spiro atoms. The minimum absolute atomic E-state index is 0.183. The number of amides is 1. The van der Waals surface area contributed by atoms with Crippen molar-refractivity contribution in [2.75, 3.05) is 32.1 Å². The molecule has 0 aliphatic carbocycles. The lowest BCUT2D eigenvalue weighted by molar-refractivity contribution is -0.128. The Balaban J connectivity index is 2.17. The van der Waals surface area contributed by atoms with Gasteiger partial charge >= 0.3 is 0 Å². The van der Waals surface area contributed by atoms with E-state index in [0.29, 0.717) is 0 Å². The van der Waals surface area contributed by atoms with E-state index in [1.807, 2.05) is 31.3 Å². The van der Waals surface area contributed by atoms with Crippen LogP contribution in [0.5, 0.6) is 5.75 Å². The second-order valence-corrected chi connectivity index (χ2v) is 5.38. The fraction of sp³-hybridized carbons (Fsp3) is 0.533. The SMILES string of the molecule is COc1cccc(N(C)C(=O)C2(C)CCNCC2)c1. The highest BCUT2D eigenvalue weighted by molar-refractivity contribution is 5.97. The highest BCUT2D eigenvalue weighted by atomic mass is 16.5. The molecular formula is C15H22N2O2. The summed E-state index contributed by atoms with van der Waals surface area (Å²) in [5.74, 6) is 0.954. The van der Waals surface area contributed by atoms with Gasteiger partial charge in [-0.1, -0.05) is 13.0 Å². The van der Waals surface area contributed by atoms with Gasteiger partial charge in [-0.15, -0.1) is 0 Å². The molecule has 1 amide bonds. The fourth-order valence-corrected chi connectivity index (χ4v) is 2.53. The molecule has 1 N–H and O–H groups in total. The van der Waals surface area contributed by atoms with Gasteiger partial charge in [0.1, 0.15) is 5.75 Å². The number of hydrogen-bond donors (Lipinski definition) is 1. The topological polar surface area (TPSA) is 41.6 Å². The second-order valence-electron chi connectivity index (χ2n) is 5.38. The van der Waals surface area contributed by atoms with Crippen molar-refractivity contribution in [3.63, 3.8) is 0 Å². The first kappa shape index (κ1) is 13.9. The number of hydrogen-bond acceptors (Lipinski definition) is 3. The molecule has 1 saturated heterocycles. The lowest BCUT2D eigenvalue weighted by Crippen LogP contribution is -2.46. The number of anilines is 1. The molecule has 0 radical (unpaired) electrons. The average molecular weight is 262 g/mol. The van der Waals surface area contributed by atoms with Crippen LogP contribution < -0.4 is 15.0 Å². The molecule has 0 saturated carbocycles. The lowest BCUT2D eigenvalue weighted by Gasteiger charge is -2.36. The minimum Gasteiger partial charge on any atom is -0.497 e. The first-order valence-corrected chi connectivity index (χ1v) is 6.70. The summed E-state index contributed by atoms with van der Waals surface area (Å²) in [6.07, 6.45) is 1.78. The van der Waals surface area contributed by atoms with E-state index in [2.05, 4.69) is 12.2 Å². The number of methoxy groups -OCH3 is 1. The molecule has 19 heavy (non-hydrogen) atoms. The Labute approximate surface area is 114 Å². The molecule has 1 aliphatic heterocycles. The number of ether oxygens (including phenoxy) is 1. The van der Waals surface area contributed by atoms with Gasteiger partial charge in [-0.25, -0.2) is 0 Å². The van der Waals surface area contributed by atoms with Crippen LogP contribution in [0.4, 0.5) is 5.69 Å². The highest BCUT2D eigenvalue weighted by Gasteiger charge is 2.36. The molecular weight excluding hydrogens is 240 g/mol. The van der Waals surface area contributed by atoms with Crippen molar-refractivity contribution in [2.24, 2.45) is 5.41 Å². The van der Waals surface area contributed by atoms with Crippen LogP contribution in [0.25, 0.3) is 0 Å². The third kappa shape index (κ3) is 2.89. The van der Waals surface area contributed by atoms with E-state index >= 15 is 0 Å². The van der Waals surface area contributed by atoms with Crippen LogP contribution >= 0.6 is 0 Å². The number of rotatable bonds is 3. The van der Waals surface area contributed by atoms with Crippen LogP contribution in [0.1, 0.15) is 19.8 Å². The summed E-state index contributed by atoms with van der Waals surface area (Å²) in [7, 11) is 3.47. The molecule has 2 rings (SSSR count). The zero-order chi connectivity index (χ0) is 13.9. The molecule has 4 heteroatoms. The summed E-state index contributed by atoms with van der Waals surface area (Å²) >= 11 is 0. The van der Waals surface area contributed by atoms with Crippen LogP contribution in [0.2, 0.25) is 0 Å². The van der Waals surface area contributed by atoms with E-state index in [1.54, 1.807) is 12.0 Å². The summed E-state index contributed by atoms with van der Waals surface area (Å²) in [6.45, 7) is 3.88. The van der Waals surface area contributed by atoms with Crippen LogP contribution in [-0.4, -0.2) is 33.2 Å². The quantitative estimate of drug-likeness (QED) is 0.906. The standard InChI is InChI=1S/C15H22N2O2/c1-15(7-9-16-10-8-15)14(18)17(2)12-5-4-6-13(11-12)19-3/h4-6,11,16H,7-10H2,1-3H3. The number of piperidine rings is 1. The van der Waals surface area contributed by atoms with Gasteiger partial charge in [-0.2, -0.15) is 0 Å². The first-order chi connectivity index (χ1) is 9.07. The Hall–Kier alpha value is -1.55. The van der Waals surface area contributed by atoms with Crippen LogP contribution in [0.15, 0.2) is 24.3 Å². The van der Waals surface area contributed by atoms with Crippen molar-refractivity contribution in [2.45, 2.75) is 19.8 Å². The van der Waals surface area contributed by atoms with Crippen molar-refractivity contribution in [3.05, 3.63) is 24.3 Å². The number of nitrogens with one attached hydrogen (secondary N) is 1. The van der Waals surface area contributed by atoms with Gasteiger partial charge in [-0.3, -0.25) is 4.79 Å². The Morgan fingerprint density at radius 3 is 2.68 bits per heavy atom. The highest BCUT2D eigenvalue weighted by Crippen LogP contribution is 2.32. The van der Waals surface area contributed by atoms with Crippen molar-refractivity contribution in [1.29, 1.82) is 0 Å². The normalized spacial score (nSPS) is 17.8. The fourth-order valence-electron chi connectivity index (χ4n) is 2.53. The van der Waals surface area contributed by atoms with Crippen molar-refractivity contribution in [1.82, 2.24) is 5.32 Å². The van der Waals surface area contributed by atoms with Gasteiger partial charge in [-0.05, 0) is 38.1 Å². The summed E-state index contributed by atoms with van der Waals surface area (Å²) in [5.41, 5.74) is 0.618. The van der Waals surface area contributed by atoms with Gasteiger partial charge in [0.05, 0.1) is 7.11 Å². The monoisotopic (exact) mass is 262 g/mol. The predicted octanol–water partition coefficient (Wildman–Crippen LogP) is 2.05. The number of benzene rings is 1. The van der Waals surface area contributed by atoms with Gasteiger partial charge in [0.2, 0.25) is 5.91 Å². The van der Waals surface area contributed by atoms with E-state index in [9.17, 15) is 4.79 Å². The van der Waals surface area contributed by atoms with Crippen molar-refractivity contribution < 1.29 is 9.53 Å². The van der Waals surface area contributed by atoms with E-state index in [4.69, 9.17) is 4.74 Å². The predicted molar refractivity (Wildman–Crippen MR) is 76.6 cm³/mol. The Kier molecular flexibility index (Phi) is 4.10. The van der Waals surface area contributed by atoms with E-state index in [0.717, 1.165) is 37.4 Å². The summed E-state index contributed by atoms with van der Waals surface area (Å²) < 4.78 is 5.21. The number of carbonyl (C=O) groups is 1. The van der Waals surface area contributed by atoms with E-state index < -0.39 is 0 Å². The lowest BCUT2D eigenvalue weighted by atomic mass is 9.79. The largest absolute Gasteiger partial charge is 0.497 e. The zero-order valence-electron chi connectivity index (χ0n) is 11.9. The maximum absolute atomic E-state index is 12.7. The number of nitrogens with zero attached hydrogens (tertiary/aromatic N) is 1. The molecule has 1 heterocycles. The second kappa shape index (κ2) is 5.61. The third-order valence-corrected chi connectivity index (χ3v) is 3.97. The molecule has 0 atom stereocenters. The molecule has 0 bridgehead atoms. The maximum atomic E-state index is 12.7. The summed E-state index contributed by atoms with van der Waals surface area (Å²) in [4.78, 5) is 14.4. The zero-order valence-corrected chi connectivity index (χ0v) is 11.9. The molecule has 1 aromatic rings. The van der Waals surface area contributed by atoms with Gasteiger partial charge in [0.25, 0.3) is 0 Å². The summed E-state index contributed by atoms with van der Waals surface area (Å²) in [5, 5.41) is 3.30. The minimum atomic E-state index is -0.261. The molecule has 4 nitrogen and oxygen atoms in total. The van der Waals surface area contributed by atoms with Gasteiger partial charge in [0.15, 0.2) is 0 Å².